The van der Waals surface area contributed by atoms with E-state index in [0.717, 1.165) is 44.9 Å². The van der Waals surface area contributed by atoms with E-state index in [1.807, 2.05) is 12.1 Å². The van der Waals surface area contributed by atoms with Crippen LogP contribution in [0.5, 0.6) is 5.75 Å². The second-order valence-electron chi connectivity index (χ2n) is 8.94. The van der Waals surface area contributed by atoms with Gasteiger partial charge in [0, 0.05) is 39.3 Å². The predicted molar refractivity (Wildman–Crippen MR) is 125 cm³/mol. The van der Waals surface area contributed by atoms with Crippen molar-refractivity contribution in [3.8, 4) is 5.75 Å². The van der Waals surface area contributed by atoms with Crippen LogP contribution >= 0.6 is 0 Å². The van der Waals surface area contributed by atoms with Gasteiger partial charge in [-0.3, -0.25) is 4.90 Å². The molecular formula is C26H37N3O2. The van der Waals surface area contributed by atoms with Crippen molar-refractivity contribution in [1.29, 1.82) is 0 Å². The Morgan fingerprint density at radius 2 is 1.68 bits per heavy atom. The normalized spacial score (nSPS) is 18.5. The van der Waals surface area contributed by atoms with Crippen LogP contribution in [0, 0.1) is 0 Å². The first kappa shape index (κ1) is 22.3. The van der Waals surface area contributed by atoms with Gasteiger partial charge in [-0.25, -0.2) is 0 Å². The molecule has 2 aliphatic heterocycles. The summed E-state index contributed by atoms with van der Waals surface area (Å²) < 4.78 is 5.84. The van der Waals surface area contributed by atoms with Crippen LogP contribution in [0.15, 0.2) is 48.5 Å². The number of hydrogen-bond acceptors (Lipinski definition) is 5. The third kappa shape index (κ3) is 7.04. The average molecular weight is 424 g/mol. The van der Waals surface area contributed by atoms with Crippen LogP contribution < -0.4 is 10.1 Å². The van der Waals surface area contributed by atoms with E-state index in [1.165, 1.54) is 49.0 Å². The van der Waals surface area contributed by atoms with Gasteiger partial charge in [0.2, 0.25) is 0 Å². The van der Waals surface area contributed by atoms with Crippen LogP contribution in [0.1, 0.15) is 36.0 Å². The Bertz CT molecular complexity index is 789. The van der Waals surface area contributed by atoms with Gasteiger partial charge >= 0.3 is 0 Å². The lowest BCUT2D eigenvalue weighted by Crippen LogP contribution is -2.38. The molecule has 2 aliphatic rings. The van der Waals surface area contributed by atoms with Crippen LogP contribution in [0.3, 0.4) is 0 Å². The number of rotatable bonds is 10. The molecule has 2 N–H and O–H groups in total. The van der Waals surface area contributed by atoms with Gasteiger partial charge in [-0.2, -0.15) is 0 Å². The van der Waals surface area contributed by atoms with Crippen molar-refractivity contribution >= 4 is 0 Å². The molecule has 2 aromatic rings. The van der Waals surface area contributed by atoms with Crippen molar-refractivity contribution < 1.29 is 9.84 Å². The fourth-order valence-corrected chi connectivity index (χ4v) is 4.61. The molecule has 168 valence electrons. The van der Waals surface area contributed by atoms with Crippen molar-refractivity contribution in [1.82, 2.24) is 15.1 Å². The lowest BCUT2D eigenvalue weighted by atomic mass is 10.00. The lowest BCUT2D eigenvalue weighted by molar-refractivity contribution is 0.0638. The number of benzene rings is 2. The highest BCUT2D eigenvalue weighted by molar-refractivity contribution is 5.29. The molecule has 0 radical (unpaired) electrons. The highest BCUT2D eigenvalue weighted by Crippen LogP contribution is 2.19. The van der Waals surface area contributed by atoms with E-state index in [-0.39, 0.29) is 0 Å². The molecule has 0 aromatic heterocycles. The summed E-state index contributed by atoms with van der Waals surface area (Å²) in [6, 6.07) is 16.8. The maximum absolute atomic E-state index is 10.4. The maximum Gasteiger partial charge on any atom is 0.119 e. The Balaban J connectivity index is 1.12. The van der Waals surface area contributed by atoms with Crippen LogP contribution in [-0.4, -0.2) is 66.9 Å². The third-order valence-electron chi connectivity index (χ3n) is 6.43. The number of piperidine rings is 1. The fourth-order valence-electron chi connectivity index (χ4n) is 4.61. The molecule has 1 saturated heterocycles. The van der Waals surface area contributed by atoms with Crippen LogP contribution in [0.25, 0.3) is 0 Å². The number of fused-ring (bicyclic) bond motifs is 1. The molecule has 5 nitrogen and oxygen atoms in total. The topological polar surface area (TPSA) is 48.0 Å². The summed E-state index contributed by atoms with van der Waals surface area (Å²) in [5.74, 6) is 0.820. The summed E-state index contributed by atoms with van der Waals surface area (Å²) in [6.07, 6.45) is 4.66. The molecule has 2 aromatic carbocycles. The SMILES string of the molecule is OC(COc1ccc(CNCCN2CCCCC2)cc1)CN1CCc2ccccc2C1. The van der Waals surface area contributed by atoms with Gasteiger partial charge in [-0.1, -0.05) is 42.8 Å². The zero-order valence-corrected chi connectivity index (χ0v) is 18.6. The van der Waals surface area contributed by atoms with E-state index < -0.39 is 6.10 Å². The number of aliphatic hydroxyl groups is 1. The molecule has 1 unspecified atom stereocenters. The minimum absolute atomic E-state index is 0.325. The van der Waals surface area contributed by atoms with Gasteiger partial charge in [0.1, 0.15) is 18.5 Å². The quantitative estimate of drug-likeness (QED) is 0.575. The molecule has 31 heavy (non-hydrogen) atoms. The fraction of sp³-hybridized carbons (Fsp3) is 0.538. The van der Waals surface area contributed by atoms with Crippen molar-refractivity contribution in [2.24, 2.45) is 0 Å². The smallest absolute Gasteiger partial charge is 0.119 e. The number of likely N-dealkylation sites (tertiary alicyclic amines) is 1. The Morgan fingerprint density at radius 3 is 2.48 bits per heavy atom. The monoisotopic (exact) mass is 423 g/mol. The van der Waals surface area contributed by atoms with Crippen molar-refractivity contribution in [3.63, 3.8) is 0 Å². The Morgan fingerprint density at radius 1 is 0.903 bits per heavy atom. The summed E-state index contributed by atoms with van der Waals surface area (Å²) >= 11 is 0. The number of ether oxygens (including phenoxy) is 1. The molecule has 1 atom stereocenters. The van der Waals surface area contributed by atoms with Crippen molar-refractivity contribution in [2.75, 3.05) is 45.9 Å². The maximum atomic E-state index is 10.4. The standard InChI is InChI=1S/C26H37N3O2/c30-25(20-29-16-12-23-6-2-3-7-24(23)19-29)21-31-26-10-8-22(9-11-26)18-27-13-17-28-14-4-1-5-15-28/h2-3,6-11,25,27,30H,1,4-5,12-21H2. The molecule has 0 spiro atoms. The molecule has 0 bridgehead atoms. The van der Waals surface area contributed by atoms with Crippen LogP contribution in [-0.2, 0) is 19.5 Å². The van der Waals surface area contributed by atoms with E-state index in [4.69, 9.17) is 4.74 Å². The number of aliphatic hydroxyl groups excluding tert-OH is 1. The van der Waals surface area contributed by atoms with E-state index in [9.17, 15) is 5.11 Å². The van der Waals surface area contributed by atoms with Gasteiger partial charge in [0.05, 0.1) is 0 Å². The van der Waals surface area contributed by atoms with Crippen LogP contribution in [0.2, 0.25) is 0 Å². The first-order valence-electron chi connectivity index (χ1n) is 11.9. The summed E-state index contributed by atoms with van der Waals surface area (Å²) in [5.41, 5.74) is 4.08. The minimum Gasteiger partial charge on any atom is -0.491 e. The molecule has 0 aliphatic carbocycles. The van der Waals surface area contributed by atoms with Gasteiger partial charge < -0.3 is 20.1 Å². The summed E-state index contributed by atoms with van der Waals surface area (Å²) in [6.45, 7) is 8.44. The Kier molecular flexibility index (Phi) is 8.36. The van der Waals surface area contributed by atoms with E-state index in [1.54, 1.807) is 0 Å². The number of nitrogens with one attached hydrogen (secondary N) is 1. The van der Waals surface area contributed by atoms with Gasteiger partial charge in [-0.05, 0) is 61.2 Å². The van der Waals surface area contributed by atoms with Gasteiger partial charge in [0.25, 0.3) is 0 Å². The molecule has 5 heteroatoms. The number of nitrogens with zero attached hydrogens (tertiary/aromatic N) is 2. The summed E-state index contributed by atoms with van der Waals surface area (Å²) in [4.78, 5) is 4.87. The molecule has 2 heterocycles. The third-order valence-corrected chi connectivity index (χ3v) is 6.43. The molecular weight excluding hydrogens is 386 g/mol. The first-order chi connectivity index (χ1) is 15.3. The largest absolute Gasteiger partial charge is 0.491 e. The average Bonchev–Trinajstić information content (AvgIpc) is 2.82. The number of β-amino-alcohol motifs (C(OH)–C–C–N with tert-alkyl or cyclic N) is 1. The van der Waals surface area contributed by atoms with E-state index in [2.05, 4.69) is 51.5 Å². The molecule has 1 fully saturated rings. The van der Waals surface area contributed by atoms with E-state index >= 15 is 0 Å². The predicted octanol–water partition coefficient (Wildman–Crippen LogP) is 3.06. The molecule has 4 rings (SSSR count). The van der Waals surface area contributed by atoms with Crippen molar-refractivity contribution in [2.45, 2.75) is 44.9 Å². The highest BCUT2D eigenvalue weighted by Gasteiger charge is 2.18. The van der Waals surface area contributed by atoms with Crippen molar-refractivity contribution in [3.05, 3.63) is 65.2 Å². The minimum atomic E-state index is -0.485. The second kappa shape index (κ2) is 11.6. The molecule has 0 saturated carbocycles. The first-order valence-corrected chi connectivity index (χ1v) is 11.9. The van der Waals surface area contributed by atoms with Gasteiger partial charge in [-0.15, -0.1) is 0 Å². The Labute approximate surface area is 187 Å². The zero-order chi connectivity index (χ0) is 21.3. The molecule has 0 amide bonds. The highest BCUT2D eigenvalue weighted by atomic mass is 16.5. The van der Waals surface area contributed by atoms with E-state index in [0.29, 0.717) is 13.2 Å². The van der Waals surface area contributed by atoms with Gasteiger partial charge in [0.15, 0.2) is 0 Å². The zero-order valence-electron chi connectivity index (χ0n) is 18.6. The lowest BCUT2D eigenvalue weighted by Gasteiger charge is -2.30. The van der Waals surface area contributed by atoms with Crippen LogP contribution in [0.4, 0.5) is 0 Å². The summed E-state index contributed by atoms with van der Waals surface area (Å²) in [5, 5.41) is 14.0. The number of hydrogen-bond donors (Lipinski definition) is 2. The second-order valence-corrected chi connectivity index (χ2v) is 8.94. The Hall–Kier alpha value is -1.92. The summed E-state index contributed by atoms with van der Waals surface area (Å²) in [7, 11) is 0.